The molecule has 1 aliphatic heterocycles. The first kappa shape index (κ1) is 21.3. The molecule has 0 saturated carbocycles. The lowest BCUT2D eigenvalue weighted by Gasteiger charge is -2.26. The van der Waals surface area contributed by atoms with Crippen LogP contribution < -0.4 is 9.47 Å². The van der Waals surface area contributed by atoms with E-state index in [9.17, 15) is 13.2 Å². The minimum atomic E-state index is -3.71. The van der Waals surface area contributed by atoms with E-state index in [4.69, 9.17) is 14.2 Å². The SMILES string of the molecule is CCCOc1ccccc1OC(=O)c1cc(S(=O)(=O)N2CCOCC2)ccc1C. The van der Waals surface area contributed by atoms with Crippen molar-refractivity contribution >= 4 is 16.0 Å². The highest BCUT2D eigenvalue weighted by atomic mass is 32.2. The molecule has 1 saturated heterocycles. The van der Waals surface area contributed by atoms with Gasteiger partial charge in [-0.2, -0.15) is 4.31 Å². The van der Waals surface area contributed by atoms with Crippen molar-refractivity contribution in [3.63, 3.8) is 0 Å². The van der Waals surface area contributed by atoms with Gasteiger partial charge in [0.1, 0.15) is 0 Å². The lowest BCUT2D eigenvalue weighted by Crippen LogP contribution is -2.40. The zero-order valence-corrected chi connectivity index (χ0v) is 17.4. The minimum absolute atomic E-state index is 0.0625. The van der Waals surface area contributed by atoms with Crippen molar-refractivity contribution in [2.24, 2.45) is 0 Å². The molecule has 1 fully saturated rings. The minimum Gasteiger partial charge on any atom is -0.490 e. The second-order valence-electron chi connectivity index (χ2n) is 6.68. The van der Waals surface area contributed by atoms with E-state index in [2.05, 4.69) is 0 Å². The maximum Gasteiger partial charge on any atom is 0.343 e. The Bertz CT molecular complexity index is 967. The number of rotatable bonds is 7. The zero-order chi connectivity index (χ0) is 20.9. The van der Waals surface area contributed by atoms with Crippen LogP contribution in [-0.4, -0.2) is 51.6 Å². The molecule has 3 rings (SSSR count). The Hall–Kier alpha value is -2.42. The standard InChI is InChI=1S/C21H25NO6S/c1-3-12-27-19-6-4-5-7-20(19)28-21(23)18-15-17(9-8-16(18)2)29(24,25)22-10-13-26-14-11-22/h4-9,15H,3,10-14H2,1-2H3. The number of nitrogens with zero attached hydrogens (tertiary/aromatic N) is 1. The smallest absolute Gasteiger partial charge is 0.343 e. The lowest BCUT2D eigenvalue weighted by molar-refractivity contribution is 0.0723. The van der Waals surface area contributed by atoms with E-state index in [1.54, 1.807) is 37.3 Å². The van der Waals surface area contributed by atoms with E-state index in [0.29, 0.717) is 36.9 Å². The zero-order valence-electron chi connectivity index (χ0n) is 16.6. The first-order valence-corrected chi connectivity index (χ1v) is 11.0. The molecule has 1 heterocycles. The van der Waals surface area contributed by atoms with Crippen molar-refractivity contribution in [2.45, 2.75) is 25.2 Å². The van der Waals surface area contributed by atoms with Crippen molar-refractivity contribution < 1.29 is 27.4 Å². The van der Waals surface area contributed by atoms with E-state index in [0.717, 1.165) is 6.42 Å². The maximum atomic E-state index is 12.9. The molecule has 0 aromatic heterocycles. The second kappa shape index (κ2) is 9.39. The topological polar surface area (TPSA) is 82.1 Å². The fourth-order valence-corrected chi connectivity index (χ4v) is 4.37. The van der Waals surface area contributed by atoms with E-state index in [1.807, 2.05) is 6.92 Å². The second-order valence-corrected chi connectivity index (χ2v) is 8.62. The Morgan fingerprint density at radius 2 is 1.79 bits per heavy atom. The highest BCUT2D eigenvalue weighted by molar-refractivity contribution is 7.89. The summed E-state index contributed by atoms with van der Waals surface area (Å²) in [5, 5.41) is 0. The van der Waals surface area contributed by atoms with Gasteiger partial charge in [0, 0.05) is 13.1 Å². The van der Waals surface area contributed by atoms with Gasteiger partial charge in [0.05, 0.1) is 30.3 Å². The van der Waals surface area contributed by atoms with Gasteiger partial charge in [-0.1, -0.05) is 25.1 Å². The van der Waals surface area contributed by atoms with E-state index in [-0.39, 0.29) is 23.5 Å². The average molecular weight is 419 g/mol. The third kappa shape index (κ3) is 4.95. The average Bonchev–Trinajstić information content (AvgIpc) is 2.74. The number of benzene rings is 2. The highest BCUT2D eigenvalue weighted by Crippen LogP contribution is 2.28. The van der Waals surface area contributed by atoms with Gasteiger partial charge in [-0.25, -0.2) is 13.2 Å². The summed E-state index contributed by atoms with van der Waals surface area (Å²) in [6.07, 6.45) is 0.822. The van der Waals surface area contributed by atoms with Crippen molar-refractivity contribution in [1.82, 2.24) is 4.31 Å². The van der Waals surface area contributed by atoms with Crippen LogP contribution in [0.4, 0.5) is 0 Å². The third-order valence-corrected chi connectivity index (χ3v) is 6.44. The number of aryl methyl sites for hydroxylation is 1. The van der Waals surface area contributed by atoms with E-state index >= 15 is 0 Å². The van der Waals surface area contributed by atoms with Crippen LogP contribution in [0, 0.1) is 6.92 Å². The first-order chi connectivity index (χ1) is 13.9. The molecule has 0 spiro atoms. The summed E-state index contributed by atoms with van der Waals surface area (Å²) in [7, 11) is -3.71. The van der Waals surface area contributed by atoms with Crippen molar-refractivity contribution in [1.29, 1.82) is 0 Å². The van der Waals surface area contributed by atoms with Crippen LogP contribution in [-0.2, 0) is 14.8 Å². The normalized spacial score (nSPS) is 15.1. The Kier molecular flexibility index (Phi) is 6.89. The van der Waals surface area contributed by atoms with Crippen LogP contribution >= 0.6 is 0 Å². The summed E-state index contributed by atoms with van der Waals surface area (Å²) in [6, 6.07) is 11.4. The van der Waals surface area contributed by atoms with Crippen LogP contribution in [0.2, 0.25) is 0 Å². The molecule has 156 valence electrons. The van der Waals surface area contributed by atoms with Gasteiger partial charge >= 0.3 is 5.97 Å². The number of esters is 1. The van der Waals surface area contributed by atoms with Gasteiger partial charge in [0.25, 0.3) is 0 Å². The number of ether oxygens (including phenoxy) is 3. The third-order valence-electron chi connectivity index (χ3n) is 4.55. The number of carbonyl (C=O) groups is 1. The molecule has 0 unspecified atom stereocenters. The number of hydrogen-bond acceptors (Lipinski definition) is 6. The monoisotopic (exact) mass is 419 g/mol. The van der Waals surface area contributed by atoms with Gasteiger partial charge in [0.15, 0.2) is 11.5 Å². The quantitative estimate of drug-likeness (QED) is 0.507. The van der Waals surface area contributed by atoms with Crippen LogP contribution in [0.1, 0.15) is 29.3 Å². The van der Waals surface area contributed by atoms with Crippen molar-refractivity contribution in [3.05, 3.63) is 53.6 Å². The molecule has 0 N–H and O–H groups in total. The fraction of sp³-hybridized carbons (Fsp3) is 0.381. The summed E-state index contributed by atoms with van der Waals surface area (Å²) in [5.41, 5.74) is 0.826. The van der Waals surface area contributed by atoms with E-state index in [1.165, 1.54) is 16.4 Å². The summed E-state index contributed by atoms with van der Waals surface area (Å²) in [5.74, 6) is 0.137. The van der Waals surface area contributed by atoms with Gasteiger partial charge in [-0.05, 0) is 43.2 Å². The summed E-state index contributed by atoms with van der Waals surface area (Å²) in [4.78, 5) is 12.9. The molecule has 0 amide bonds. The van der Waals surface area contributed by atoms with Crippen molar-refractivity contribution in [3.8, 4) is 11.5 Å². The summed E-state index contributed by atoms with van der Waals surface area (Å²) >= 11 is 0. The molecule has 7 nitrogen and oxygen atoms in total. The molecule has 0 aliphatic carbocycles. The molecule has 2 aromatic rings. The molecule has 8 heteroatoms. The number of hydrogen-bond donors (Lipinski definition) is 0. The van der Waals surface area contributed by atoms with Crippen LogP contribution in [0.15, 0.2) is 47.4 Å². The Morgan fingerprint density at radius 1 is 1.10 bits per heavy atom. The Morgan fingerprint density at radius 3 is 2.48 bits per heavy atom. The number of morpholine rings is 1. The van der Waals surface area contributed by atoms with Gasteiger partial charge in [0.2, 0.25) is 10.0 Å². The molecule has 2 aromatic carbocycles. The molecule has 0 atom stereocenters. The molecule has 0 bridgehead atoms. The molecular formula is C21H25NO6S. The lowest BCUT2D eigenvalue weighted by atomic mass is 10.1. The summed E-state index contributed by atoms with van der Waals surface area (Å²) < 4.78 is 43.5. The van der Waals surface area contributed by atoms with Gasteiger partial charge < -0.3 is 14.2 Å². The van der Waals surface area contributed by atoms with Crippen molar-refractivity contribution in [2.75, 3.05) is 32.9 Å². The van der Waals surface area contributed by atoms with Gasteiger partial charge in [-0.3, -0.25) is 0 Å². The van der Waals surface area contributed by atoms with Crippen LogP contribution in [0.25, 0.3) is 0 Å². The van der Waals surface area contributed by atoms with E-state index < -0.39 is 16.0 Å². The Labute approximate surface area is 171 Å². The molecule has 29 heavy (non-hydrogen) atoms. The predicted molar refractivity (Wildman–Crippen MR) is 108 cm³/mol. The highest BCUT2D eigenvalue weighted by Gasteiger charge is 2.27. The largest absolute Gasteiger partial charge is 0.490 e. The molecular weight excluding hydrogens is 394 g/mol. The number of carbonyl (C=O) groups excluding carboxylic acids is 1. The van der Waals surface area contributed by atoms with Gasteiger partial charge in [-0.15, -0.1) is 0 Å². The first-order valence-electron chi connectivity index (χ1n) is 9.56. The number of sulfonamides is 1. The molecule has 0 radical (unpaired) electrons. The maximum absolute atomic E-state index is 12.9. The summed E-state index contributed by atoms with van der Waals surface area (Å²) in [6.45, 7) is 5.51. The Balaban J connectivity index is 1.86. The predicted octanol–water partition coefficient (Wildman–Crippen LogP) is 3.02. The number of para-hydroxylation sites is 2. The molecule has 1 aliphatic rings. The van der Waals surface area contributed by atoms with Crippen LogP contribution in [0.5, 0.6) is 11.5 Å². The van der Waals surface area contributed by atoms with Crippen LogP contribution in [0.3, 0.4) is 0 Å². The fourth-order valence-electron chi connectivity index (χ4n) is 2.94.